The zero-order valence-corrected chi connectivity index (χ0v) is 31.6. The smallest absolute Gasteiger partial charge is 0.303 e. The van der Waals surface area contributed by atoms with Crippen LogP contribution in [0.5, 0.6) is 0 Å². The van der Waals surface area contributed by atoms with E-state index in [1.807, 2.05) is 0 Å². The maximum Gasteiger partial charge on any atom is 0.303 e. The second-order valence-electron chi connectivity index (χ2n) is 13.4. The maximum atomic E-state index is 12.3. The minimum Gasteiger partial charge on any atom is -0.481 e. The quantitative estimate of drug-likeness (QED) is 0.0300. The number of hydrogen-bond donors (Lipinski definition) is 4. The number of hydrogen-bond acceptors (Lipinski definition) is 7. The van der Waals surface area contributed by atoms with Crippen molar-refractivity contribution in [3.05, 3.63) is 47.6 Å². The number of carbonyl (C=O) groups is 6. The Labute approximate surface area is 307 Å². The van der Waals surface area contributed by atoms with Gasteiger partial charge >= 0.3 is 5.97 Å². The molecule has 0 aliphatic carbocycles. The lowest BCUT2D eigenvalue weighted by Crippen LogP contribution is -2.25. The highest BCUT2D eigenvalue weighted by Gasteiger charge is 2.05. The predicted molar refractivity (Wildman–Crippen MR) is 205 cm³/mol. The second kappa shape index (κ2) is 33.5. The van der Waals surface area contributed by atoms with Crippen LogP contribution in [0, 0.1) is 0 Å². The molecule has 0 fully saturated rings. The van der Waals surface area contributed by atoms with Gasteiger partial charge in [-0.05, 0) is 89.5 Å². The van der Waals surface area contributed by atoms with Gasteiger partial charge in [-0.2, -0.15) is 0 Å². The van der Waals surface area contributed by atoms with E-state index in [0.717, 1.165) is 108 Å². The summed E-state index contributed by atoms with van der Waals surface area (Å²) < 4.78 is 0. The molecule has 0 saturated carbocycles. The Balaban J connectivity index is 3.87. The van der Waals surface area contributed by atoms with E-state index in [4.69, 9.17) is 10.8 Å². The van der Waals surface area contributed by atoms with Gasteiger partial charge in [-0.3, -0.25) is 28.8 Å². The monoisotopic (exact) mass is 713 g/mol. The van der Waals surface area contributed by atoms with Crippen LogP contribution in [0.2, 0.25) is 0 Å². The molecule has 0 aromatic heterocycles. The third-order valence-electron chi connectivity index (χ3n) is 8.42. The summed E-state index contributed by atoms with van der Waals surface area (Å²) in [7, 11) is 0. The number of allylic oxidation sites excluding steroid dienone is 6. The highest BCUT2D eigenvalue weighted by molar-refractivity contribution is 5.94. The first-order valence-corrected chi connectivity index (χ1v) is 19.3. The standard InChI is InChI=1S/C41H67N3O7/c1-34(28-29-38(47)24-14-6-3-9-17-30-42)33-39(48)43-31-18-10-4-7-13-23-37(46)26-20-21-35(2)41(51)44-32-19-11-5-8-12-22-36(45)25-15-16-27-40(49)50/h20-21,26,28-29,33H,3-19,22-25,27,30-32,42H2,1-2H3,(H,43,48)(H,44,51)(H,49,50)/b26-20+,29-28+,34-33+,35-21+. The van der Waals surface area contributed by atoms with Gasteiger partial charge in [0.05, 0.1) is 0 Å². The molecule has 0 unspecified atom stereocenters. The fraction of sp³-hybridized carbons (Fsp3) is 0.659. The van der Waals surface area contributed by atoms with Gasteiger partial charge in [-0.25, -0.2) is 0 Å². The van der Waals surface area contributed by atoms with Crippen LogP contribution in [0.3, 0.4) is 0 Å². The summed E-state index contributed by atoms with van der Waals surface area (Å²) in [4.78, 5) is 70.9. The summed E-state index contributed by atoms with van der Waals surface area (Å²) in [5.74, 6) is -0.823. The van der Waals surface area contributed by atoms with E-state index >= 15 is 0 Å². The molecule has 0 bridgehead atoms. The Morgan fingerprint density at radius 1 is 0.549 bits per heavy atom. The zero-order valence-electron chi connectivity index (χ0n) is 31.6. The highest BCUT2D eigenvalue weighted by atomic mass is 16.4. The van der Waals surface area contributed by atoms with Crippen molar-refractivity contribution >= 4 is 35.1 Å². The molecule has 0 rings (SSSR count). The molecule has 5 N–H and O–H groups in total. The molecule has 0 aromatic rings. The molecule has 2 amide bonds. The molecule has 0 aromatic carbocycles. The summed E-state index contributed by atoms with van der Waals surface area (Å²) in [6.45, 7) is 5.41. The van der Waals surface area contributed by atoms with E-state index in [1.165, 1.54) is 12.2 Å². The lowest BCUT2D eigenvalue weighted by Gasteiger charge is -2.05. The molecule has 0 aliphatic heterocycles. The molecule has 10 nitrogen and oxygen atoms in total. The first-order chi connectivity index (χ1) is 24.5. The van der Waals surface area contributed by atoms with Crippen LogP contribution in [0.25, 0.3) is 0 Å². The van der Waals surface area contributed by atoms with Crippen molar-refractivity contribution in [3.63, 3.8) is 0 Å². The second-order valence-corrected chi connectivity index (χ2v) is 13.4. The minimum atomic E-state index is -0.821. The molecule has 0 saturated heterocycles. The third kappa shape index (κ3) is 33.3. The summed E-state index contributed by atoms with van der Waals surface area (Å²) in [6.07, 6.45) is 27.2. The van der Waals surface area contributed by atoms with E-state index in [-0.39, 0.29) is 35.6 Å². The third-order valence-corrected chi connectivity index (χ3v) is 8.42. The van der Waals surface area contributed by atoms with Gasteiger partial charge in [0.25, 0.3) is 0 Å². The van der Waals surface area contributed by atoms with Crippen molar-refractivity contribution in [1.29, 1.82) is 0 Å². The molecule has 0 aliphatic rings. The number of ketones is 3. The number of nitrogens with two attached hydrogens (primary N) is 1. The average Bonchev–Trinajstić information content (AvgIpc) is 3.09. The topological polar surface area (TPSA) is 173 Å². The lowest BCUT2D eigenvalue weighted by molar-refractivity contribution is -0.137. The summed E-state index contributed by atoms with van der Waals surface area (Å²) in [6, 6.07) is 0. The number of Topliss-reactive ketones (excluding diaryl/α,β-unsaturated/α-hetero) is 1. The van der Waals surface area contributed by atoms with Crippen molar-refractivity contribution in [1.82, 2.24) is 10.6 Å². The van der Waals surface area contributed by atoms with Crippen LogP contribution >= 0.6 is 0 Å². The van der Waals surface area contributed by atoms with Crippen LogP contribution in [-0.4, -0.2) is 59.9 Å². The number of amides is 2. The predicted octanol–water partition coefficient (Wildman–Crippen LogP) is 7.56. The van der Waals surface area contributed by atoms with Gasteiger partial charge in [-0.15, -0.1) is 0 Å². The van der Waals surface area contributed by atoms with Gasteiger partial charge in [0.2, 0.25) is 11.8 Å². The molecule has 288 valence electrons. The van der Waals surface area contributed by atoms with Crippen LogP contribution < -0.4 is 16.4 Å². The number of carbonyl (C=O) groups excluding carboxylic acids is 5. The summed E-state index contributed by atoms with van der Waals surface area (Å²) in [5.41, 5.74) is 6.77. The van der Waals surface area contributed by atoms with Crippen molar-refractivity contribution < 1.29 is 33.9 Å². The molecular weight excluding hydrogens is 646 g/mol. The van der Waals surface area contributed by atoms with Gasteiger partial charge in [-0.1, -0.05) is 76.0 Å². The van der Waals surface area contributed by atoms with Gasteiger partial charge in [0, 0.05) is 56.8 Å². The molecule has 0 atom stereocenters. The average molecular weight is 714 g/mol. The van der Waals surface area contributed by atoms with Crippen LogP contribution in [0.4, 0.5) is 0 Å². The number of carboxylic acids is 1. The Morgan fingerprint density at radius 3 is 1.61 bits per heavy atom. The molecule has 0 radical (unpaired) electrons. The number of rotatable bonds is 34. The van der Waals surface area contributed by atoms with Gasteiger partial charge < -0.3 is 21.5 Å². The Hall–Kier alpha value is -3.66. The van der Waals surface area contributed by atoms with Crippen molar-refractivity contribution in [2.75, 3.05) is 19.6 Å². The Bertz CT molecular complexity index is 1150. The van der Waals surface area contributed by atoms with E-state index in [2.05, 4.69) is 10.6 Å². The van der Waals surface area contributed by atoms with Crippen LogP contribution in [0.1, 0.15) is 155 Å². The van der Waals surface area contributed by atoms with Gasteiger partial charge in [0.15, 0.2) is 11.6 Å². The maximum absolute atomic E-state index is 12.3. The number of aliphatic carboxylic acids is 1. The van der Waals surface area contributed by atoms with Crippen molar-refractivity contribution in [2.24, 2.45) is 5.73 Å². The van der Waals surface area contributed by atoms with Crippen molar-refractivity contribution in [2.45, 2.75) is 155 Å². The first kappa shape index (κ1) is 47.3. The summed E-state index contributed by atoms with van der Waals surface area (Å²) in [5, 5.41) is 14.4. The number of nitrogens with one attached hydrogen (secondary N) is 2. The molecule has 10 heteroatoms. The first-order valence-electron chi connectivity index (χ1n) is 19.3. The fourth-order valence-corrected chi connectivity index (χ4v) is 5.25. The van der Waals surface area contributed by atoms with Gasteiger partial charge in [0.1, 0.15) is 5.78 Å². The van der Waals surface area contributed by atoms with Crippen LogP contribution in [0.15, 0.2) is 47.6 Å². The minimum absolute atomic E-state index is 0.0304. The molecule has 0 heterocycles. The molecule has 0 spiro atoms. The Kier molecular flexibility index (Phi) is 31.1. The normalized spacial score (nSPS) is 12.1. The SMILES string of the molecule is CC(/C=C/C(=O)CCCCCCCN)=C\C(=O)NCCCCCCCC(=O)/C=C/C=C(\C)C(=O)NCCCCCCCC(=O)CCCCC(=O)O. The van der Waals surface area contributed by atoms with Crippen LogP contribution in [-0.2, 0) is 28.8 Å². The number of unbranched alkanes of at least 4 members (excludes halogenated alkanes) is 13. The molecule has 51 heavy (non-hydrogen) atoms. The molecular formula is C41H67N3O7. The van der Waals surface area contributed by atoms with E-state index in [0.29, 0.717) is 57.2 Å². The highest BCUT2D eigenvalue weighted by Crippen LogP contribution is 2.10. The largest absolute Gasteiger partial charge is 0.481 e. The zero-order chi connectivity index (χ0) is 38.0. The van der Waals surface area contributed by atoms with E-state index in [9.17, 15) is 28.8 Å². The fourth-order valence-electron chi connectivity index (χ4n) is 5.25. The number of carboxylic acid groups (broad SMARTS) is 1. The van der Waals surface area contributed by atoms with E-state index in [1.54, 1.807) is 38.2 Å². The Morgan fingerprint density at radius 2 is 1.02 bits per heavy atom. The lowest BCUT2D eigenvalue weighted by atomic mass is 10.0. The van der Waals surface area contributed by atoms with Crippen molar-refractivity contribution in [3.8, 4) is 0 Å². The van der Waals surface area contributed by atoms with E-state index < -0.39 is 5.97 Å². The summed E-state index contributed by atoms with van der Waals surface area (Å²) >= 11 is 0.